The summed E-state index contributed by atoms with van der Waals surface area (Å²) in [6.07, 6.45) is 4.31. The molecule has 50 heavy (non-hydrogen) atoms. The number of ether oxygens (including phenoxy) is 2. The van der Waals surface area contributed by atoms with E-state index in [2.05, 4.69) is 26.3 Å². The minimum atomic E-state index is -0.863. The number of nitrogens with zero attached hydrogens (tertiary/aromatic N) is 4. The van der Waals surface area contributed by atoms with Gasteiger partial charge in [-0.1, -0.05) is 57.2 Å². The molecule has 0 aliphatic carbocycles. The van der Waals surface area contributed by atoms with E-state index in [-0.39, 0.29) is 41.7 Å². The Morgan fingerprint density at radius 2 is 1.60 bits per heavy atom. The van der Waals surface area contributed by atoms with Gasteiger partial charge < -0.3 is 30.3 Å². The highest BCUT2D eigenvalue weighted by Gasteiger charge is 2.39. The fourth-order valence-electron chi connectivity index (χ4n) is 6.31. The summed E-state index contributed by atoms with van der Waals surface area (Å²) in [7, 11) is 0. The predicted molar refractivity (Wildman–Crippen MR) is 186 cm³/mol. The van der Waals surface area contributed by atoms with Gasteiger partial charge in [0.05, 0.1) is 18.3 Å². The molecule has 3 aliphatic heterocycles. The van der Waals surface area contributed by atoms with Crippen LogP contribution in [0.5, 0.6) is 11.5 Å². The number of fused-ring (bicyclic) bond motifs is 14. The molecule has 0 spiro atoms. The summed E-state index contributed by atoms with van der Waals surface area (Å²) in [5, 5.41) is 17.2. The van der Waals surface area contributed by atoms with Gasteiger partial charge in [0.15, 0.2) is 0 Å². The van der Waals surface area contributed by atoms with Crippen molar-refractivity contribution in [1.29, 1.82) is 0 Å². The topological polar surface area (TPSA) is 157 Å². The van der Waals surface area contributed by atoms with Gasteiger partial charge in [-0.15, -0.1) is 5.10 Å². The maximum Gasteiger partial charge on any atom is 0.255 e. The first-order valence-corrected chi connectivity index (χ1v) is 17.6. The average Bonchev–Trinajstić information content (AvgIpc) is 3.77. The molecule has 13 nitrogen and oxygen atoms in total. The second-order valence-corrected chi connectivity index (χ2v) is 13.8. The Bertz CT molecular complexity index is 1620. The number of carbonyl (C=O) groups is 4. The highest BCUT2D eigenvalue weighted by atomic mass is 16.5. The van der Waals surface area contributed by atoms with E-state index >= 15 is 0 Å². The molecule has 4 bridgehead atoms. The molecule has 3 N–H and O–H groups in total. The fourth-order valence-corrected chi connectivity index (χ4v) is 6.31. The van der Waals surface area contributed by atoms with Crippen LogP contribution in [0.1, 0.15) is 75.0 Å². The Hall–Kier alpha value is -4.94. The first-order chi connectivity index (χ1) is 24.1. The van der Waals surface area contributed by atoms with E-state index in [1.54, 1.807) is 40.0 Å². The van der Waals surface area contributed by atoms with Crippen LogP contribution in [0.2, 0.25) is 0 Å². The number of benzene rings is 2. The van der Waals surface area contributed by atoms with Crippen LogP contribution < -0.4 is 25.4 Å². The van der Waals surface area contributed by atoms with Gasteiger partial charge in [-0.05, 0) is 73.8 Å². The summed E-state index contributed by atoms with van der Waals surface area (Å²) in [5.74, 6) is -0.127. The number of hydrogen-bond acceptors (Lipinski definition) is 8. The normalized spacial score (nSPS) is 21.4. The molecule has 6 rings (SSSR count). The van der Waals surface area contributed by atoms with Gasteiger partial charge in [-0.3, -0.25) is 19.2 Å². The molecule has 0 radical (unpaired) electrons. The Labute approximate surface area is 293 Å². The highest BCUT2D eigenvalue weighted by molar-refractivity contribution is 6.00. The van der Waals surface area contributed by atoms with Gasteiger partial charge in [-0.2, -0.15) is 0 Å². The largest absolute Gasteiger partial charge is 0.492 e. The Balaban J connectivity index is 1.39. The van der Waals surface area contributed by atoms with Crippen LogP contribution >= 0.6 is 0 Å². The molecular formula is C37H49N7O6. The molecule has 13 heteroatoms. The van der Waals surface area contributed by atoms with Gasteiger partial charge in [-0.25, -0.2) is 4.68 Å². The van der Waals surface area contributed by atoms with Crippen LogP contribution in [0.3, 0.4) is 0 Å². The third-order valence-corrected chi connectivity index (χ3v) is 8.81. The third-order valence-electron chi connectivity index (χ3n) is 8.81. The molecule has 3 atom stereocenters. The maximum atomic E-state index is 14.1. The summed E-state index contributed by atoms with van der Waals surface area (Å²) < 4.78 is 13.6. The first kappa shape index (κ1) is 36.3. The maximum absolute atomic E-state index is 14.1. The number of nitrogens with one attached hydrogen (secondary N) is 3. The van der Waals surface area contributed by atoms with Crippen LogP contribution in [-0.2, 0) is 34.0 Å². The van der Waals surface area contributed by atoms with Crippen molar-refractivity contribution in [2.45, 2.75) is 91.1 Å². The summed E-state index contributed by atoms with van der Waals surface area (Å²) in [6, 6.07) is 12.2. The average molecular weight is 688 g/mol. The van der Waals surface area contributed by atoms with Crippen molar-refractivity contribution in [3.63, 3.8) is 0 Å². The second kappa shape index (κ2) is 17.1. The smallest absolute Gasteiger partial charge is 0.255 e. The van der Waals surface area contributed by atoms with E-state index in [1.807, 2.05) is 52.0 Å². The van der Waals surface area contributed by atoms with Crippen molar-refractivity contribution in [3.8, 4) is 11.5 Å². The minimum Gasteiger partial charge on any atom is -0.492 e. The Morgan fingerprint density at radius 3 is 2.36 bits per heavy atom. The quantitative estimate of drug-likeness (QED) is 0.378. The van der Waals surface area contributed by atoms with Crippen LogP contribution in [0.15, 0.2) is 54.7 Å². The third kappa shape index (κ3) is 9.82. The molecule has 1 aromatic heterocycles. The zero-order valence-electron chi connectivity index (χ0n) is 29.4. The van der Waals surface area contributed by atoms with Crippen molar-refractivity contribution >= 4 is 23.6 Å². The molecule has 1 fully saturated rings. The zero-order chi connectivity index (χ0) is 35.6. The van der Waals surface area contributed by atoms with Crippen LogP contribution in [-0.4, -0.2) is 81.3 Å². The standard InChI is InChI=1S/C37H49N7O6/c1-24(2)20-30-35(46)38-16-15-26-11-13-28(14-12-26)49-19-18-43-22-27(41-42-43)23-50-33-10-6-5-8-29(33)34(45)40-31(21-25(3)4)37(48)44-17-7-9-32(44)36(47)39-30/h5-6,8,10-14,22,24-25,30-32H,7,9,15-21,23H2,1-4H3,(H,38,46)(H,39,47)(H,40,45)/t30-,31+,32+/m0/s1. The summed E-state index contributed by atoms with van der Waals surface area (Å²) in [6.45, 7) is 9.66. The number of aromatic nitrogens is 3. The lowest BCUT2D eigenvalue weighted by Crippen LogP contribution is -2.56. The number of rotatable bonds is 4. The lowest BCUT2D eigenvalue weighted by Gasteiger charge is -2.30. The molecule has 268 valence electrons. The lowest BCUT2D eigenvalue weighted by molar-refractivity contribution is -0.141. The molecule has 2 aromatic carbocycles. The van der Waals surface area contributed by atoms with Gasteiger partial charge in [0.2, 0.25) is 17.7 Å². The van der Waals surface area contributed by atoms with Gasteiger partial charge in [0, 0.05) is 13.1 Å². The SMILES string of the molecule is CC(C)C[C@@H]1NC(=O)[C@H]2CCCN2C(=O)[C@@H](CC(C)C)NC(=O)c2ccccc2OCc2cn(nn2)CCOc2ccc(cc2)CCNC1=O. The second-order valence-electron chi connectivity index (χ2n) is 13.8. The van der Waals surface area contributed by atoms with Gasteiger partial charge in [0.25, 0.3) is 5.91 Å². The molecule has 0 unspecified atom stereocenters. The van der Waals surface area contributed by atoms with Crippen molar-refractivity contribution in [1.82, 2.24) is 35.8 Å². The molecule has 3 aliphatic rings. The molecule has 0 saturated carbocycles. The predicted octanol–water partition coefficient (Wildman–Crippen LogP) is 3.27. The summed E-state index contributed by atoms with van der Waals surface area (Å²) >= 11 is 0. The first-order valence-electron chi connectivity index (χ1n) is 17.6. The van der Waals surface area contributed by atoms with E-state index < -0.39 is 24.0 Å². The van der Waals surface area contributed by atoms with Crippen molar-refractivity contribution in [2.75, 3.05) is 19.7 Å². The van der Waals surface area contributed by atoms with E-state index in [9.17, 15) is 19.2 Å². The minimum absolute atomic E-state index is 0.0836. The number of hydrogen-bond donors (Lipinski definition) is 3. The highest BCUT2D eigenvalue weighted by Crippen LogP contribution is 2.23. The molecule has 1 saturated heterocycles. The van der Waals surface area contributed by atoms with E-state index in [4.69, 9.17) is 9.47 Å². The number of carbonyl (C=O) groups excluding carboxylic acids is 4. The van der Waals surface area contributed by atoms with E-state index in [0.717, 1.165) is 5.56 Å². The van der Waals surface area contributed by atoms with Gasteiger partial charge in [0.1, 0.15) is 48.5 Å². The molecule has 4 heterocycles. The van der Waals surface area contributed by atoms with Crippen molar-refractivity contribution in [3.05, 3.63) is 71.5 Å². The summed E-state index contributed by atoms with van der Waals surface area (Å²) in [5.41, 5.74) is 1.89. The fraction of sp³-hybridized carbons (Fsp3) is 0.514. The van der Waals surface area contributed by atoms with E-state index in [0.29, 0.717) is 75.5 Å². The number of amides is 4. The summed E-state index contributed by atoms with van der Waals surface area (Å²) in [4.78, 5) is 56.4. The van der Waals surface area contributed by atoms with Crippen molar-refractivity contribution < 1.29 is 28.7 Å². The molecular weight excluding hydrogens is 638 g/mol. The number of para-hydroxylation sites is 1. The van der Waals surface area contributed by atoms with Crippen LogP contribution in [0, 0.1) is 11.8 Å². The van der Waals surface area contributed by atoms with E-state index in [1.165, 1.54) is 0 Å². The monoisotopic (exact) mass is 687 g/mol. The lowest BCUT2D eigenvalue weighted by atomic mass is 10.0. The van der Waals surface area contributed by atoms with Crippen LogP contribution in [0.25, 0.3) is 0 Å². The molecule has 3 aromatic rings. The Kier molecular flexibility index (Phi) is 12.5. The van der Waals surface area contributed by atoms with Gasteiger partial charge >= 0.3 is 0 Å². The zero-order valence-corrected chi connectivity index (χ0v) is 29.4. The Morgan fingerprint density at radius 1 is 0.860 bits per heavy atom. The molecule has 4 amide bonds. The van der Waals surface area contributed by atoms with Crippen LogP contribution in [0.4, 0.5) is 0 Å². The van der Waals surface area contributed by atoms with Crippen molar-refractivity contribution in [2.24, 2.45) is 11.8 Å².